The first-order chi connectivity index (χ1) is 44.7. The summed E-state index contributed by atoms with van der Waals surface area (Å²) in [5.74, 6) is 0.0735. The minimum Gasteiger partial charge on any atom is -0.462 e. The van der Waals surface area contributed by atoms with E-state index in [1.54, 1.807) is 0 Å². The smallest absolute Gasteiger partial charge is 0.462 e. The molecule has 17 nitrogen and oxygen atoms in total. The monoisotopic (exact) mass is 1360 g/mol. The number of unbranched alkanes of at least 4 members (excludes halogenated alkanes) is 35. The fourth-order valence-electron chi connectivity index (χ4n) is 10.7. The van der Waals surface area contributed by atoms with Crippen LogP contribution in [0.2, 0.25) is 0 Å². The second-order valence-corrected chi connectivity index (χ2v) is 30.3. The van der Waals surface area contributed by atoms with E-state index in [1.165, 1.54) is 141 Å². The molecule has 3 unspecified atom stereocenters. The molecule has 3 N–H and O–H groups in total. The van der Waals surface area contributed by atoms with E-state index in [1.807, 2.05) is 0 Å². The predicted octanol–water partition coefficient (Wildman–Crippen LogP) is 21.0. The summed E-state index contributed by atoms with van der Waals surface area (Å²) in [6.45, 7) is 11.7. The SMILES string of the molecule is CCCCCC/C=C\C=C/CCCCCCCC(=O)O[C@H](COC(=O)CCCCCCCCCC(C)C)COP(=O)(O)OCC(O)COP(=O)(O)OC[C@@H](COC(=O)CCCCCCCCCCCCCCCC(C)C)OC(=O)CCCCCCCCCCCC(C)C. The van der Waals surface area contributed by atoms with Crippen LogP contribution in [0.5, 0.6) is 0 Å². The van der Waals surface area contributed by atoms with E-state index in [9.17, 15) is 43.2 Å². The number of aliphatic hydroxyl groups is 1. The summed E-state index contributed by atoms with van der Waals surface area (Å²) in [7, 11) is -9.92. The largest absolute Gasteiger partial charge is 0.472 e. The Bertz CT molecular complexity index is 1910. The van der Waals surface area contributed by atoms with Crippen molar-refractivity contribution >= 4 is 39.5 Å². The number of aliphatic hydroxyl groups excluding tert-OH is 1. The van der Waals surface area contributed by atoms with Crippen molar-refractivity contribution in [2.75, 3.05) is 39.6 Å². The molecule has 0 rings (SSSR count). The lowest BCUT2D eigenvalue weighted by Gasteiger charge is -2.21. The van der Waals surface area contributed by atoms with Crippen molar-refractivity contribution in [3.8, 4) is 0 Å². The van der Waals surface area contributed by atoms with Crippen LogP contribution >= 0.6 is 15.6 Å². The summed E-state index contributed by atoms with van der Waals surface area (Å²) in [4.78, 5) is 72.7. The van der Waals surface area contributed by atoms with E-state index in [0.29, 0.717) is 31.6 Å². The molecule has 0 fully saturated rings. The molecule has 0 aliphatic rings. The van der Waals surface area contributed by atoms with Gasteiger partial charge in [-0.3, -0.25) is 37.3 Å². The Labute approximate surface area is 567 Å². The second-order valence-electron chi connectivity index (χ2n) is 27.4. The first-order valence-corrected chi connectivity index (χ1v) is 40.7. The molecule has 19 heteroatoms. The maximum atomic E-state index is 13.0. The maximum Gasteiger partial charge on any atom is 0.472 e. The Hall–Kier alpha value is -2.46. The number of ether oxygens (including phenoxy) is 4. The molecule has 0 aromatic rings. The number of hydrogen-bond acceptors (Lipinski definition) is 15. The highest BCUT2D eigenvalue weighted by atomic mass is 31.2. The number of carbonyl (C=O) groups excluding carboxylic acids is 4. The molecule has 0 aromatic heterocycles. The molecule has 0 bridgehead atoms. The molecule has 93 heavy (non-hydrogen) atoms. The second kappa shape index (κ2) is 64.2. The summed E-state index contributed by atoms with van der Waals surface area (Å²) in [5, 5.41) is 10.6. The summed E-state index contributed by atoms with van der Waals surface area (Å²) in [6, 6.07) is 0. The van der Waals surface area contributed by atoms with Gasteiger partial charge in [0.2, 0.25) is 0 Å². The standard InChI is InChI=1S/C74H140O17P2/c1-8-9-10-11-12-13-14-15-16-19-23-28-35-43-50-57-73(78)90-70(62-85-72(77)56-49-42-37-30-33-40-47-54-67(6)7)64-89-93(82,83)87-60-68(75)59-86-92(80,81)88-63-69(91-74(79)58-51-44-36-29-24-26-32-39-46-53-66(4)5)61-84-71(76)55-48-41-34-27-22-20-17-18-21-25-31-38-45-52-65(2)3/h13-16,65-70,75H,8-12,17-64H2,1-7H3,(H,80,81)(H,82,83)/b14-13-,16-15-/t68?,69-,70-/m1/s1. The van der Waals surface area contributed by atoms with Gasteiger partial charge in [0, 0.05) is 25.7 Å². The molecule has 5 atom stereocenters. The lowest BCUT2D eigenvalue weighted by molar-refractivity contribution is -0.161. The van der Waals surface area contributed by atoms with E-state index < -0.39 is 97.5 Å². The number of esters is 4. The number of phosphoric acid groups is 2. The van der Waals surface area contributed by atoms with Crippen LogP contribution in [0, 0.1) is 17.8 Å². The zero-order valence-electron chi connectivity index (χ0n) is 60.2. The van der Waals surface area contributed by atoms with Gasteiger partial charge in [0.1, 0.15) is 19.3 Å². The Morgan fingerprint density at radius 2 is 0.581 bits per heavy atom. The minimum atomic E-state index is -4.96. The maximum absolute atomic E-state index is 13.0. The lowest BCUT2D eigenvalue weighted by atomic mass is 10.0. The van der Waals surface area contributed by atoms with Gasteiger partial charge < -0.3 is 33.8 Å². The van der Waals surface area contributed by atoms with Crippen LogP contribution in [0.4, 0.5) is 0 Å². The van der Waals surface area contributed by atoms with Crippen LogP contribution < -0.4 is 0 Å². The van der Waals surface area contributed by atoms with Gasteiger partial charge >= 0.3 is 39.5 Å². The molecular formula is C74H140O17P2. The summed E-state index contributed by atoms with van der Waals surface area (Å²) in [6.07, 6.45) is 52.2. The van der Waals surface area contributed by atoms with Crippen molar-refractivity contribution in [3.05, 3.63) is 24.3 Å². The summed E-state index contributed by atoms with van der Waals surface area (Å²) >= 11 is 0. The summed E-state index contributed by atoms with van der Waals surface area (Å²) < 4.78 is 68.4. The number of allylic oxidation sites excluding steroid dienone is 4. The Morgan fingerprint density at radius 1 is 0.333 bits per heavy atom. The van der Waals surface area contributed by atoms with Crippen molar-refractivity contribution in [1.29, 1.82) is 0 Å². The molecule has 0 spiro atoms. The Kier molecular flexibility index (Phi) is 62.5. The van der Waals surface area contributed by atoms with E-state index in [0.717, 1.165) is 121 Å². The van der Waals surface area contributed by atoms with Crippen molar-refractivity contribution < 1.29 is 80.2 Å². The molecule has 0 saturated carbocycles. The first-order valence-electron chi connectivity index (χ1n) is 37.7. The van der Waals surface area contributed by atoms with E-state index in [-0.39, 0.29) is 25.7 Å². The van der Waals surface area contributed by atoms with Gasteiger partial charge in [-0.25, -0.2) is 9.13 Å². The highest BCUT2D eigenvalue weighted by molar-refractivity contribution is 7.47. The highest BCUT2D eigenvalue weighted by Crippen LogP contribution is 2.45. The third kappa shape index (κ3) is 67.9. The molecule has 0 radical (unpaired) electrons. The molecule has 0 aliphatic carbocycles. The van der Waals surface area contributed by atoms with Gasteiger partial charge in [-0.05, 0) is 69.1 Å². The Balaban J connectivity index is 5.27. The normalized spacial score (nSPS) is 14.3. The molecular weight excluding hydrogens is 1220 g/mol. The average molecular weight is 1360 g/mol. The van der Waals surface area contributed by atoms with E-state index >= 15 is 0 Å². The van der Waals surface area contributed by atoms with Gasteiger partial charge in [-0.15, -0.1) is 0 Å². The van der Waals surface area contributed by atoms with Gasteiger partial charge in [0.15, 0.2) is 12.2 Å². The van der Waals surface area contributed by atoms with Crippen LogP contribution in [0.1, 0.15) is 350 Å². The van der Waals surface area contributed by atoms with Crippen molar-refractivity contribution in [2.45, 2.75) is 369 Å². The third-order valence-electron chi connectivity index (χ3n) is 16.5. The molecule has 0 aromatic carbocycles. The molecule has 548 valence electrons. The van der Waals surface area contributed by atoms with Gasteiger partial charge in [0.25, 0.3) is 0 Å². The third-order valence-corrected chi connectivity index (χ3v) is 18.4. The minimum absolute atomic E-state index is 0.0839. The topological polar surface area (TPSA) is 237 Å². The zero-order chi connectivity index (χ0) is 68.7. The molecule has 0 aliphatic heterocycles. The highest BCUT2D eigenvalue weighted by Gasteiger charge is 2.30. The quantitative estimate of drug-likeness (QED) is 0.0169. The first kappa shape index (κ1) is 90.5. The van der Waals surface area contributed by atoms with Crippen LogP contribution in [-0.4, -0.2) is 96.7 Å². The molecule has 0 saturated heterocycles. The van der Waals surface area contributed by atoms with Gasteiger partial charge in [0.05, 0.1) is 26.4 Å². The average Bonchev–Trinajstić information content (AvgIpc) is 1.50. The van der Waals surface area contributed by atoms with Crippen LogP contribution in [0.15, 0.2) is 24.3 Å². The van der Waals surface area contributed by atoms with E-state index in [2.05, 4.69) is 72.8 Å². The van der Waals surface area contributed by atoms with Crippen LogP contribution in [-0.2, 0) is 65.4 Å². The number of rotatable bonds is 70. The fraction of sp³-hybridized carbons (Fsp3) is 0.892. The van der Waals surface area contributed by atoms with Crippen molar-refractivity contribution in [2.24, 2.45) is 17.8 Å². The zero-order valence-corrected chi connectivity index (χ0v) is 62.0. The predicted molar refractivity (Wildman–Crippen MR) is 377 cm³/mol. The number of phosphoric ester groups is 2. The Morgan fingerprint density at radius 3 is 0.871 bits per heavy atom. The van der Waals surface area contributed by atoms with Crippen LogP contribution in [0.25, 0.3) is 0 Å². The molecule has 0 amide bonds. The molecule has 0 heterocycles. The van der Waals surface area contributed by atoms with Gasteiger partial charge in [-0.1, -0.05) is 297 Å². The fourth-order valence-corrected chi connectivity index (χ4v) is 12.3. The number of hydrogen-bond donors (Lipinski definition) is 3. The van der Waals surface area contributed by atoms with E-state index in [4.69, 9.17) is 37.0 Å². The van der Waals surface area contributed by atoms with Crippen LogP contribution in [0.3, 0.4) is 0 Å². The number of carbonyl (C=O) groups is 4. The lowest BCUT2D eigenvalue weighted by Crippen LogP contribution is -2.30. The van der Waals surface area contributed by atoms with Gasteiger partial charge in [-0.2, -0.15) is 0 Å². The summed E-state index contributed by atoms with van der Waals surface area (Å²) in [5.41, 5.74) is 0. The van der Waals surface area contributed by atoms with Crippen molar-refractivity contribution in [3.63, 3.8) is 0 Å². The van der Waals surface area contributed by atoms with Crippen molar-refractivity contribution in [1.82, 2.24) is 0 Å².